The molecule has 5 heteroatoms. The minimum absolute atomic E-state index is 0.234. The first kappa shape index (κ1) is 6.66. The van der Waals surface area contributed by atoms with Crippen molar-refractivity contribution in [2.75, 3.05) is 0 Å². The third kappa shape index (κ3) is 0.900. The minimum atomic E-state index is 0.234. The van der Waals surface area contributed by atoms with Gasteiger partial charge in [-0.2, -0.15) is 4.94 Å². The van der Waals surface area contributed by atoms with Gasteiger partial charge in [0.15, 0.2) is 0 Å². The molecule has 2 rings (SSSR count). The van der Waals surface area contributed by atoms with E-state index in [2.05, 4.69) is 4.94 Å². The van der Waals surface area contributed by atoms with Crippen LogP contribution in [-0.4, -0.2) is 10.5 Å². The zero-order chi connectivity index (χ0) is 7.84. The van der Waals surface area contributed by atoms with Crippen molar-refractivity contribution in [3.63, 3.8) is 0 Å². The van der Waals surface area contributed by atoms with Gasteiger partial charge in [0, 0.05) is 0 Å². The molecule has 0 bridgehead atoms. The summed E-state index contributed by atoms with van der Waals surface area (Å²) in [5.74, 6) is 0. The molecule has 0 N–H and O–H groups in total. The first-order valence-corrected chi connectivity index (χ1v) is 3.32. The highest BCUT2D eigenvalue weighted by atomic mass is 17.1. The third-order valence-electron chi connectivity index (χ3n) is 1.65. The molecule has 0 radical (unpaired) electrons. The van der Waals surface area contributed by atoms with Crippen molar-refractivity contribution in [1.82, 2.24) is 10.5 Å². The molecule has 11 heavy (non-hydrogen) atoms. The van der Waals surface area contributed by atoms with Gasteiger partial charge in [0.1, 0.15) is 0 Å². The lowest BCUT2D eigenvalue weighted by atomic mass is 10.1. The number of hydroxylamine groups is 4. The Morgan fingerprint density at radius 1 is 1.09 bits per heavy atom. The molecule has 0 aromatic carbocycles. The van der Waals surface area contributed by atoms with Gasteiger partial charge < -0.3 is 10.4 Å². The topological polar surface area (TPSA) is 61.8 Å². The smallest absolute Gasteiger partial charge is 0.0740 e. The van der Waals surface area contributed by atoms with Gasteiger partial charge in [0.2, 0.25) is 0 Å². The van der Waals surface area contributed by atoms with Crippen LogP contribution in [0.5, 0.6) is 0 Å². The predicted molar refractivity (Wildman–Crippen MR) is 36.9 cm³/mol. The second kappa shape index (κ2) is 2.23. The Morgan fingerprint density at radius 2 is 1.55 bits per heavy atom. The van der Waals surface area contributed by atoms with E-state index >= 15 is 0 Å². The van der Waals surface area contributed by atoms with Crippen LogP contribution in [0.15, 0.2) is 23.5 Å². The Morgan fingerprint density at radius 3 is 2.00 bits per heavy atom. The Balaban J connectivity index is 2.34. The van der Waals surface area contributed by atoms with E-state index < -0.39 is 0 Å². The van der Waals surface area contributed by atoms with Crippen molar-refractivity contribution in [3.05, 3.63) is 34.0 Å². The van der Waals surface area contributed by atoms with E-state index in [1.54, 1.807) is 12.2 Å². The molecule has 0 amide bonds. The molecule has 0 aromatic rings. The van der Waals surface area contributed by atoms with Crippen LogP contribution in [0.4, 0.5) is 0 Å². The molecule has 1 aliphatic carbocycles. The summed E-state index contributed by atoms with van der Waals surface area (Å²) in [4.78, 5) is 4.23. The highest BCUT2D eigenvalue weighted by Crippen LogP contribution is 2.30. The third-order valence-corrected chi connectivity index (χ3v) is 1.65. The van der Waals surface area contributed by atoms with E-state index in [-0.39, 0.29) is 10.5 Å². The van der Waals surface area contributed by atoms with E-state index in [1.807, 2.05) is 0 Å². The average Bonchev–Trinajstić information content (AvgIpc) is 2.30. The van der Waals surface area contributed by atoms with Crippen molar-refractivity contribution in [2.45, 2.75) is 12.8 Å². The largest absolute Gasteiger partial charge is 0.731 e. The van der Waals surface area contributed by atoms with E-state index in [0.717, 1.165) is 12.8 Å². The molecule has 0 saturated carbocycles. The lowest BCUT2D eigenvalue weighted by molar-refractivity contribution is -0.206. The van der Waals surface area contributed by atoms with Crippen LogP contribution in [0.1, 0.15) is 12.8 Å². The predicted octanol–water partition coefficient (Wildman–Crippen LogP) is 1.01. The van der Waals surface area contributed by atoms with Crippen molar-refractivity contribution in [3.8, 4) is 0 Å². The maximum absolute atomic E-state index is 10.8. The Labute approximate surface area is 63.2 Å². The first-order valence-electron chi connectivity index (χ1n) is 3.32. The zero-order valence-electron chi connectivity index (χ0n) is 5.69. The summed E-state index contributed by atoms with van der Waals surface area (Å²) in [5.41, 5.74) is 0.650. The van der Waals surface area contributed by atoms with Crippen LogP contribution in [0.2, 0.25) is 0 Å². The van der Waals surface area contributed by atoms with Crippen molar-refractivity contribution in [2.24, 2.45) is 0 Å². The SMILES string of the molecule is [O-]N1ON([O-])C2=CCCC=C21. The zero-order valence-corrected chi connectivity index (χ0v) is 5.69. The second-order valence-corrected chi connectivity index (χ2v) is 2.35. The normalized spacial score (nSPS) is 23.1. The highest BCUT2D eigenvalue weighted by Gasteiger charge is 2.20. The molecule has 0 spiro atoms. The molecule has 1 heterocycles. The van der Waals surface area contributed by atoms with E-state index in [1.165, 1.54) is 0 Å². The summed E-state index contributed by atoms with van der Waals surface area (Å²) in [6.45, 7) is 0. The Hall–Kier alpha value is -1.04. The Kier molecular flexibility index (Phi) is 1.35. The van der Waals surface area contributed by atoms with Crippen molar-refractivity contribution in [1.29, 1.82) is 0 Å². The first-order chi connectivity index (χ1) is 5.29. The standard InChI is InChI=1S/C6H6N2O3/c9-7-5-3-1-2-4-6(5)8(10)11-7/h3-4H,1-2H2/q-2. The number of hydrogen-bond donors (Lipinski definition) is 0. The lowest BCUT2D eigenvalue weighted by Gasteiger charge is -2.24. The molecule has 60 valence electrons. The molecule has 1 aliphatic heterocycles. The van der Waals surface area contributed by atoms with Gasteiger partial charge in [-0.25, -0.2) is 0 Å². The van der Waals surface area contributed by atoms with Crippen LogP contribution in [0.25, 0.3) is 0 Å². The van der Waals surface area contributed by atoms with Crippen molar-refractivity contribution >= 4 is 0 Å². The van der Waals surface area contributed by atoms with E-state index in [4.69, 9.17) is 0 Å². The number of nitrogens with zero attached hydrogens (tertiary/aromatic N) is 2. The minimum Gasteiger partial charge on any atom is -0.731 e. The monoisotopic (exact) mass is 154 g/mol. The van der Waals surface area contributed by atoms with Crippen LogP contribution in [-0.2, 0) is 4.94 Å². The summed E-state index contributed by atoms with van der Waals surface area (Å²) in [6.07, 6.45) is 4.96. The summed E-state index contributed by atoms with van der Waals surface area (Å²) in [7, 11) is 0. The summed E-state index contributed by atoms with van der Waals surface area (Å²) in [5, 5.41) is 22.0. The van der Waals surface area contributed by atoms with E-state index in [0.29, 0.717) is 11.4 Å². The van der Waals surface area contributed by atoms with Gasteiger partial charge >= 0.3 is 0 Å². The highest BCUT2D eigenvalue weighted by molar-refractivity contribution is 5.32. The quantitative estimate of drug-likeness (QED) is 0.521. The molecular formula is C6H6N2O3-2. The van der Waals surface area contributed by atoms with Gasteiger partial charge in [-0.3, -0.25) is 10.5 Å². The number of hydrogen-bond acceptors (Lipinski definition) is 5. The van der Waals surface area contributed by atoms with Gasteiger partial charge in [-0.15, -0.1) is 0 Å². The summed E-state index contributed by atoms with van der Waals surface area (Å²) < 4.78 is 0. The fourth-order valence-electron chi connectivity index (χ4n) is 1.14. The van der Waals surface area contributed by atoms with Crippen LogP contribution < -0.4 is 0 Å². The maximum atomic E-state index is 10.8. The second-order valence-electron chi connectivity index (χ2n) is 2.35. The van der Waals surface area contributed by atoms with Gasteiger partial charge in [0.05, 0.1) is 11.4 Å². The molecule has 5 nitrogen and oxygen atoms in total. The molecule has 1 saturated heterocycles. The number of rotatable bonds is 0. The average molecular weight is 154 g/mol. The molecule has 0 atom stereocenters. The Bertz CT molecular complexity index is 212. The molecule has 1 fully saturated rings. The molecule has 0 aromatic heterocycles. The fourth-order valence-corrected chi connectivity index (χ4v) is 1.14. The van der Waals surface area contributed by atoms with E-state index in [9.17, 15) is 10.4 Å². The molecule has 0 unspecified atom stereocenters. The van der Waals surface area contributed by atoms with Crippen LogP contribution in [0, 0.1) is 10.4 Å². The molecule has 2 aliphatic rings. The van der Waals surface area contributed by atoms with Gasteiger partial charge in [-0.05, 0) is 12.8 Å². The number of fused-ring (bicyclic) bond motifs is 1. The summed E-state index contributed by atoms with van der Waals surface area (Å²) in [6, 6.07) is 0. The fraction of sp³-hybridized carbons (Fsp3) is 0.333. The van der Waals surface area contributed by atoms with Gasteiger partial charge in [0.25, 0.3) is 0 Å². The van der Waals surface area contributed by atoms with Gasteiger partial charge in [-0.1, -0.05) is 12.2 Å². The summed E-state index contributed by atoms with van der Waals surface area (Å²) >= 11 is 0. The van der Waals surface area contributed by atoms with Crippen LogP contribution in [0.3, 0.4) is 0 Å². The molecular weight excluding hydrogens is 148 g/mol. The number of allylic oxidation sites excluding steroid dienone is 2. The maximum Gasteiger partial charge on any atom is 0.0740 e. The van der Waals surface area contributed by atoms with Crippen molar-refractivity contribution < 1.29 is 4.94 Å². The van der Waals surface area contributed by atoms with Crippen LogP contribution >= 0.6 is 0 Å². The lowest BCUT2D eigenvalue weighted by Crippen LogP contribution is -2.10.